The lowest BCUT2D eigenvalue weighted by atomic mass is 10.0. The summed E-state index contributed by atoms with van der Waals surface area (Å²) in [7, 11) is 5.17. The van der Waals surface area contributed by atoms with E-state index < -0.39 is 0 Å². The highest BCUT2D eigenvalue weighted by Crippen LogP contribution is 2.36. The zero-order valence-electron chi connectivity index (χ0n) is 15.7. The Balaban J connectivity index is 2.09. The topological polar surface area (TPSA) is 62.3 Å². The first-order valence-electron chi connectivity index (χ1n) is 8.78. The van der Waals surface area contributed by atoms with Gasteiger partial charge in [-0.1, -0.05) is 6.07 Å². The standard InChI is InChI=1S/C19H25N3O4/c1-5-22-18(23)16(13-6-7-14(25-3)15(12-13)26-4)17(19(22)24)21-10-8-20(2)9-11-21/h6-7,12H,5,8-11H2,1-4H3. The van der Waals surface area contributed by atoms with Gasteiger partial charge in [0.1, 0.15) is 5.70 Å². The molecule has 140 valence electrons. The molecule has 3 rings (SSSR count). The van der Waals surface area contributed by atoms with Crippen molar-refractivity contribution < 1.29 is 19.1 Å². The number of piperazine rings is 1. The minimum atomic E-state index is -0.251. The number of rotatable bonds is 5. The van der Waals surface area contributed by atoms with Gasteiger partial charge >= 0.3 is 0 Å². The van der Waals surface area contributed by atoms with Crippen molar-refractivity contribution in [2.24, 2.45) is 0 Å². The van der Waals surface area contributed by atoms with Gasteiger partial charge in [0, 0.05) is 32.7 Å². The summed E-state index contributed by atoms with van der Waals surface area (Å²) in [5, 5.41) is 0. The highest BCUT2D eigenvalue weighted by molar-refractivity contribution is 6.35. The van der Waals surface area contributed by atoms with Crippen LogP contribution in [0.5, 0.6) is 11.5 Å². The highest BCUT2D eigenvalue weighted by Gasteiger charge is 2.41. The molecule has 7 nitrogen and oxygen atoms in total. The van der Waals surface area contributed by atoms with Gasteiger partial charge in [0.05, 0.1) is 19.8 Å². The van der Waals surface area contributed by atoms with Gasteiger partial charge in [-0.25, -0.2) is 0 Å². The van der Waals surface area contributed by atoms with Crippen LogP contribution in [0.25, 0.3) is 5.57 Å². The summed E-state index contributed by atoms with van der Waals surface area (Å²) >= 11 is 0. The van der Waals surface area contributed by atoms with Crippen LogP contribution in [0.1, 0.15) is 12.5 Å². The molecule has 0 saturated carbocycles. The lowest BCUT2D eigenvalue weighted by Crippen LogP contribution is -2.46. The second-order valence-electron chi connectivity index (χ2n) is 6.44. The van der Waals surface area contributed by atoms with Crippen LogP contribution in [0, 0.1) is 0 Å². The quantitative estimate of drug-likeness (QED) is 0.733. The summed E-state index contributed by atoms with van der Waals surface area (Å²) in [4.78, 5) is 31.4. The molecular formula is C19H25N3O4. The summed E-state index contributed by atoms with van der Waals surface area (Å²) in [6.45, 7) is 5.33. The van der Waals surface area contributed by atoms with Crippen LogP contribution in [0.2, 0.25) is 0 Å². The van der Waals surface area contributed by atoms with Crippen molar-refractivity contribution in [3.63, 3.8) is 0 Å². The average Bonchev–Trinajstić information content (AvgIpc) is 2.91. The predicted octanol–water partition coefficient (Wildman–Crippen LogP) is 1.05. The Labute approximate surface area is 153 Å². The smallest absolute Gasteiger partial charge is 0.277 e. The van der Waals surface area contributed by atoms with Crippen molar-refractivity contribution in [2.75, 3.05) is 54.0 Å². The summed E-state index contributed by atoms with van der Waals surface area (Å²) in [5.74, 6) is 0.651. The molecule has 0 bridgehead atoms. The van der Waals surface area contributed by atoms with Gasteiger partial charge in [0.25, 0.3) is 11.8 Å². The summed E-state index contributed by atoms with van der Waals surface area (Å²) in [6, 6.07) is 5.32. The first-order valence-corrected chi connectivity index (χ1v) is 8.78. The van der Waals surface area contributed by atoms with Crippen LogP contribution in [0.15, 0.2) is 23.9 Å². The molecule has 0 N–H and O–H groups in total. The number of methoxy groups -OCH3 is 2. The lowest BCUT2D eigenvalue weighted by molar-refractivity contribution is -0.137. The Morgan fingerprint density at radius 1 is 0.962 bits per heavy atom. The second-order valence-corrected chi connectivity index (χ2v) is 6.44. The molecule has 1 aromatic rings. The molecule has 0 radical (unpaired) electrons. The summed E-state index contributed by atoms with van der Waals surface area (Å²) < 4.78 is 10.6. The van der Waals surface area contributed by atoms with E-state index in [-0.39, 0.29) is 11.8 Å². The van der Waals surface area contributed by atoms with E-state index >= 15 is 0 Å². The Morgan fingerprint density at radius 3 is 2.19 bits per heavy atom. The first-order chi connectivity index (χ1) is 12.5. The third-order valence-electron chi connectivity index (χ3n) is 4.95. The number of ether oxygens (including phenoxy) is 2. The molecule has 2 amide bonds. The third-order valence-corrected chi connectivity index (χ3v) is 4.95. The van der Waals surface area contributed by atoms with Gasteiger partial charge < -0.3 is 19.3 Å². The molecule has 1 aromatic carbocycles. The van der Waals surface area contributed by atoms with Crippen molar-refractivity contribution >= 4 is 17.4 Å². The molecule has 0 aromatic heterocycles. The maximum absolute atomic E-state index is 13.0. The summed E-state index contributed by atoms with van der Waals surface area (Å²) in [6.07, 6.45) is 0. The molecule has 26 heavy (non-hydrogen) atoms. The number of nitrogens with zero attached hydrogens (tertiary/aromatic N) is 3. The van der Waals surface area contributed by atoms with E-state index in [0.29, 0.717) is 34.9 Å². The molecule has 2 aliphatic heterocycles. The van der Waals surface area contributed by atoms with Crippen LogP contribution < -0.4 is 9.47 Å². The number of imide groups is 1. The zero-order chi connectivity index (χ0) is 18.8. The Hall–Kier alpha value is -2.54. The number of hydrogen-bond acceptors (Lipinski definition) is 6. The number of carbonyl (C=O) groups excluding carboxylic acids is 2. The molecule has 0 spiro atoms. The minimum Gasteiger partial charge on any atom is -0.493 e. The number of amides is 2. The predicted molar refractivity (Wildman–Crippen MR) is 97.9 cm³/mol. The number of benzene rings is 1. The van der Waals surface area contributed by atoms with Crippen LogP contribution in [0.4, 0.5) is 0 Å². The molecule has 0 atom stereocenters. The van der Waals surface area contributed by atoms with Crippen LogP contribution in [-0.2, 0) is 9.59 Å². The fraction of sp³-hybridized carbons (Fsp3) is 0.474. The van der Waals surface area contributed by atoms with Gasteiger partial charge in [0.2, 0.25) is 0 Å². The van der Waals surface area contributed by atoms with Crippen molar-refractivity contribution in [1.29, 1.82) is 0 Å². The SMILES string of the molecule is CCN1C(=O)C(c2ccc(OC)c(OC)c2)=C(N2CCN(C)CC2)C1=O. The normalized spacial score (nSPS) is 18.8. The van der Waals surface area contributed by atoms with Gasteiger partial charge in [0.15, 0.2) is 11.5 Å². The highest BCUT2D eigenvalue weighted by atomic mass is 16.5. The van der Waals surface area contributed by atoms with E-state index in [1.54, 1.807) is 32.4 Å². The van der Waals surface area contributed by atoms with Gasteiger partial charge in [-0.3, -0.25) is 14.5 Å². The monoisotopic (exact) mass is 359 g/mol. The van der Waals surface area contributed by atoms with E-state index in [9.17, 15) is 9.59 Å². The van der Waals surface area contributed by atoms with E-state index in [4.69, 9.17) is 9.47 Å². The van der Waals surface area contributed by atoms with E-state index in [1.807, 2.05) is 11.8 Å². The lowest BCUT2D eigenvalue weighted by Gasteiger charge is -2.34. The number of carbonyl (C=O) groups is 2. The van der Waals surface area contributed by atoms with Gasteiger partial charge in [-0.2, -0.15) is 0 Å². The van der Waals surface area contributed by atoms with Crippen LogP contribution >= 0.6 is 0 Å². The average molecular weight is 359 g/mol. The Kier molecular flexibility index (Phi) is 5.18. The Bertz CT molecular complexity index is 751. The molecule has 0 unspecified atom stereocenters. The van der Waals surface area contributed by atoms with Crippen molar-refractivity contribution in [2.45, 2.75) is 6.92 Å². The molecule has 1 fully saturated rings. The van der Waals surface area contributed by atoms with Crippen LogP contribution in [0.3, 0.4) is 0 Å². The molecule has 2 heterocycles. The Morgan fingerprint density at radius 2 is 1.62 bits per heavy atom. The number of hydrogen-bond donors (Lipinski definition) is 0. The molecule has 1 saturated heterocycles. The van der Waals surface area contributed by atoms with Gasteiger partial charge in [-0.15, -0.1) is 0 Å². The molecule has 7 heteroatoms. The van der Waals surface area contributed by atoms with Crippen molar-refractivity contribution in [1.82, 2.24) is 14.7 Å². The van der Waals surface area contributed by atoms with E-state index in [0.717, 1.165) is 26.2 Å². The molecular weight excluding hydrogens is 334 g/mol. The maximum atomic E-state index is 13.0. The van der Waals surface area contributed by atoms with E-state index in [2.05, 4.69) is 11.9 Å². The fourth-order valence-corrected chi connectivity index (χ4v) is 3.43. The minimum absolute atomic E-state index is 0.216. The van der Waals surface area contributed by atoms with Crippen molar-refractivity contribution in [3.8, 4) is 11.5 Å². The largest absolute Gasteiger partial charge is 0.493 e. The van der Waals surface area contributed by atoms with Crippen LogP contribution in [-0.4, -0.2) is 80.5 Å². The molecule has 2 aliphatic rings. The van der Waals surface area contributed by atoms with Crippen molar-refractivity contribution in [3.05, 3.63) is 29.5 Å². The van der Waals surface area contributed by atoms with Gasteiger partial charge in [-0.05, 0) is 31.7 Å². The fourth-order valence-electron chi connectivity index (χ4n) is 3.43. The zero-order valence-corrected chi connectivity index (χ0v) is 15.7. The molecule has 0 aliphatic carbocycles. The summed E-state index contributed by atoms with van der Waals surface area (Å²) in [5.41, 5.74) is 1.62. The first kappa shape index (κ1) is 18.3. The second kappa shape index (κ2) is 7.37. The number of likely N-dealkylation sites (N-methyl/N-ethyl adjacent to an activating group) is 2. The third kappa shape index (κ3) is 3.03. The maximum Gasteiger partial charge on any atom is 0.277 e. The van der Waals surface area contributed by atoms with E-state index in [1.165, 1.54) is 4.90 Å².